The number of aldehydes is 1. The molecule has 4 atom stereocenters. The molecular formula is C20H40O5Si. The fraction of sp³-hybridized carbons (Fsp3) is 0.900. The molecule has 1 heterocycles. The predicted molar refractivity (Wildman–Crippen MR) is 108 cm³/mol. The minimum Gasteiger partial charge on any atom is -0.461 e. The molecule has 6 heteroatoms. The first-order chi connectivity index (χ1) is 11.9. The summed E-state index contributed by atoms with van der Waals surface area (Å²) in [6, 6.07) is 0. The Kier molecular flexibility index (Phi) is 10.9. The molecule has 1 saturated heterocycles. The van der Waals surface area contributed by atoms with Gasteiger partial charge in [0, 0.05) is 18.9 Å². The average molecular weight is 389 g/mol. The number of ether oxygens (including phenoxy) is 1. The van der Waals surface area contributed by atoms with Gasteiger partial charge in [0.05, 0.1) is 12.0 Å². The number of carbonyl (C=O) groups excluding carboxylic acids is 2. The summed E-state index contributed by atoms with van der Waals surface area (Å²) in [5.41, 5.74) is 0. The highest BCUT2D eigenvalue weighted by molar-refractivity contribution is 6.74. The molecule has 0 aromatic rings. The molecule has 154 valence electrons. The van der Waals surface area contributed by atoms with Crippen LogP contribution in [0.4, 0.5) is 0 Å². The Morgan fingerprint density at radius 2 is 1.88 bits per heavy atom. The Balaban J connectivity index is 0.000000481. The third kappa shape index (κ3) is 8.78. The number of aliphatic hydroxyl groups excluding tert-OH is 1. The highest BCUT2D eigenvalue weighted by Gasteiger charge is 2.41. The number of unbranched alkanes of at least 4 members (excludes halogenated alkanes) is 1. The maximum absolute atomic E-state index is 11.0. The lowest BCUT2D eigenvalue weighted by atomic mass is 9.88. The molecule has 1 fully saturated rings. The first-order valence-electron chi connectivity index (χ1n) is 9.85. The topological polar surface area (TPSA) is 72.8 Å². The highest BCUT2D eigenvalue weighted by atomic mass is 28.4. The van der Waals surface area contributed by atoms with E-state index < -0.39 is 8.32 Å². The third-order valence-electron chi connectivity index (χ3n) is 5.19. The van der Waals surface area contributed by atoms with Gasteiger partial charge in [-0.25, -0.2) is 0 Å². The first kappa shape index (κ1) is 25.3. The highest BCUT2D eigenvalue weighted by Crippen LogP contribution is 2.37. The fourth-order valence-electron chi connectivity index (χ4n) is 2.54. The van der Waals surface area contributed by atoms with Crippen LogP contribution in [0.5, 0.6) is 0 Å². The van der Waals surface area contributed by atoms with E-state index in [1.807, 2.05) is 6.92 Å². The Morgan fingerprint density at radius 3 is 2.27 bits per heavy atom. The number of rotatable bonds is 9. The van der Waals surface area contributed by atoms with Crippen molar-refractivity contribution in [1.29, 1.82) is 0 Å². The van der Waals surface area contributed by atoms with E-state index in [2.05, 4.69) is 40.8 Å². The minimum atomic E-state index is -1.66. The van der Waals surface area contributed by atoms with Crippen molar-refractivity contribution in [3.05, 3.63) is 0 Å². The van der Waals surface area contributed by atoms with Crippen molar-refractivity contribution >= 4 is 20.6 Å². The van der Waals surface area contributed by atoms with Crippen molar-refractivity contribution in [2.45, 2.75) is 110 Å². The van der Waals surface area contributed by atoms with Gasteiger partial charge in [0.1, 0.15) is 12.4 Å². The van der Waals surface area contributed by atoms with Gasteiger partial charge in [0.25, 0.3) is 0 Å². The lowest BCUT2D eigenvalue weighted by Crippen LogP contribution is -2.46. The molecule has 1 aliphatic rings. The summed E-state index contributed by atoms with van der Waals surface area (Å²) in [4.78, 5) is 21.3. The van der Waals surface area contributed by atoms with Gasteiger partial charge < -0.3 is 19.1 Å². The molecule has 0 aliphatic carbocycles. The van der Waals surface area contributed by atoms with Crippen LogP contribution in [0.3, 0.4) is 0 Å². The summed E-state index contributed by atoms with van der Waals surface area (Å²) in [6.07, 6.45) is 4.76. The number of carbonyl (C=O) groups is 2. The van der Waals surface area contributed by atoms with E-state index in [1.54, 1.807) is 6.92 Å². The molecule has 0 saturated carbocycles. The summed E-state index contributed by atoms with van der Waals surface area (Å²) in [6.45, 7) is 16.8. The second-order valence-electron chi connectivity index (χ2n) is 8.90. The van der Waals surface area contributed by atoms with Crippen molar-refractivity contribution in [2.24, 2.45) is 5.92 Å². The SMILES string of the molecule is CCCC[C@@H]1C(=O)OC1C[C@@H](C)O.C[C@H](CC=O)O[Si](C)(C)C(C)(C)C. The molecule has 0 aromatic heterocycles. The van der Waals surface area contributed by atoms with Crippen molar-refractivity contribution in [3.8, 4) is 0 Å². The molecule has 1 rings (SSSR count). The van der Waals surface area contributed by atoms with Gasteiger partial charge in [-0.15, -0.1) is 0 Å². The molecule has 5 nitrogen and oxygen atoms in total. The molecule has 1 N–H and O–H groups in total. The first-order valence-corrected chi connectivity index (χ1v) is 12.8. The van der Waals surface area contributed by atoms with E-state index >= 15 is 0 Å². The van der Waals surface area contributed by atoms with Crippen LogP contribution in [0.15, 0.2) is 0 Å². The Hall–Kier alpha value is -0.723. The molecule has 1 aliphatic heterocycles. The largest absolute Gasteiger partial charge is 0.461 e. The van der Waals surface area contributed by atoms with E-state index in [4.69, 9.17) is 14.3 Å². The molecule has 0 spiro atoms. The van der Waals surface area contributed by atoms with Crippen LogP contribution in [0, 0.1) is 5.92 Å². The molecule has 1 unspecified atom stereocenters. The smallest absolute Gasteiger partial charge is 0.313 e. The lowest BCUT2D eigenvalue weighted by molar-refractivity contribution is -0.188. The van der Waals surface area contributed by atoms with Crippen LogP contribution in [-0.2, 0) is 18.8 Å². The predicted octanol–water partition coefficient (Wildman–Crippen LogP) is 4.47. The van der Waals surface area contributed by atoms with Crippen LogP contribution < -0.4 is 0 Å². The normalized spacial score (nSPS) is 22.4. The fourth-order valence-corrected chi connectivity index (χ4v) is 3.99. The summed E-state index contributed by atoms with van der Waals surface area (Å²) >= 11 is 0. The van der Waals surface area contributed by atoms with Gasteiger partial charge >= 0.3 is 5.97 Å². The Bertz CT molecular complexity index is 428. The molecule has 0 radical (unpaired) electrons. The molecule has 0 aromatic carbocycles. The van der Waals surface area contributed by atoms with Gasteiger partial charge in [0.2, 0.25) is 0 Å². The molecule has 26 heavy (non-hydrogen) atoms. The Labute approximate surface area is 161 Å². The van der Waals surface area contributed by atoms with Crippen molar-refractivity contribution in [2.75, 3.05) is 0 Å². The maximum Gasteiger partial charge on any atom is 0.313 e. The van der Waals surface area contributed by atoms with Crippen LogP contribution >= 0.6 is 0 Å². The molecule has 0 bridgehead atoms. The van der Waals surface area contributed by atoms with Crippen LogP contribution in [0.25, 0.3) is 0 Å². The second kappa shape index (κ2) is 11.2. The van der Waals surface area contributed by atoms with Gasteiger partial charge in [0.15, 0.2) is 8.32 Å². The zero-order valence-electron chi connectivity index (χ0n) is 18.0. The Morgan fingerprint density at radius 1 is 1.31 bits per heavy atom. The maximum atomic E-state index is 11.0. The number of aliphatic hydroxyl groups is 1. The number of hydrogen-bond donors (Lipinski definition) is 1. The van der Waals surface area contributed by atoms with Crippen molar-refractivity contribution < 1.29 is 23.9 Å². The van der Waals surface area contributed by atoms with Crippen molar-refractivity contribution in [3.63, 3.8) is 0 Å². The van der Waals surface area contributed by atoms with E-state index in [0.29, 0.717) is 12.8 Å². The average Bonchev–Trinajstić information content (AvgIpc) is 2.45. The van der Waals surface area contributed by atoms with Gasteiger partial charge in [-0.3, -0.25) is 4.79 Å². The third-order valence-corrected chi connectivity index (χ3v) is 9.80. The molecular weight excluding hydrogens is 348 g/mol. The quantitative estimate of drug-likeness (QED) is 0.358. The van der Waals surface area contributed by atoms with E-state index in [9.17, 15) is 9.59 Å². The van der Waals surface area contributed by atoms with Crippen LogP contribution in [0.1, 0.15) is 73.6 Å². The van der Waals surface area contributed by atoms with Gasteiger partial charge in [-0.05, 0) is 38.4 Å². The second-order valence-corrected chi connectivity index (χ2v) is 13.7. The van der Waals surface area contributed by atoms with Gasteiger partial charge in [-0.2, -0.15) is 0 Å². The summed E-state index contributed by atoms with van der Waals surface area (Å²) < 4.78 is 10.9. The van der Waals surface area contributed by atoms with Crippen LogP contribution in [-0.4, -0.2) is 44.0 Å². The summed E-state index contributed by atoms with van der Waals surface area (Å²) in [7, 11) is -1.66. The minimum absolute atomic E-state index is 0.0287. The zero-order valence-corrected chi connectivity index (χ0v) is 19.0. The zero-order chi connectivity index (χ0) is 20.5. The van der Waals surface area contributed by atoms with E-state index in [-0.39, 0.29) is 35.2 Å². The summed E-state index contributed by atoms with van der Waals surface area (Å²) in [5.74, 6) is -0.0337. The number of cyclic esters (lactones) is 1. The lowest BCUT2D eigenvalue weighted by Gasteiger charge is -2.38. The monoisotopic (exact) mass is 388 g/mol. The van der Waals surface area contributed by atoms with Crippen molar-refractivity contribution in [1.82, 2.24) is 0 Å². The molecule has 0 amide bonds. The van der Waals surface area contributed by atoms with Crippen LogP contribution in [0.2, 0.25) is 18.1 Å². The van der Waals surface area contributed by atoms with E-state index in [1.165, 1.54) is 0 Å². The van der Waals surface area contributed by atoms with Gasteiger partial charge in [-0.1, -0.05) is 40.5 Å². The standard InChI is InChI=1S/C10H18O3.C10H22O2Si/c1-3-4-5-8-9(6-7(2)11)13-10(8)12;1-9(7-8-11)12-13(5,6)10(2,3)4/h7-9,11H,3-6H2,1-2H3;8-9H,7H2,1-6H3/t7-,8+,9?;9-/m11/s1. The summed E-state index contributed by atoms with van der Waals surface area (Å²) in [5, 5.41) is 9.35. The van der Waals surface area contributed by atoms with E-state index in [0.717, 1.165) is 25.5 Å². The number of hydrogen-bond acceptors (Lipinski definition) is 5. The number of esters is 1.